The Morgan fingerprint density at radius 3 is 2.56 bits per heavy atom. The summed E-state index contributed by atoms with van der Waals surface area (Å²) < 4.78 is 17.4. The zero-order valence-corrected chi connectivity index (χ0v) is 21.3. The van der Waals surface area contributed by atoms with Crippen molar-refractivity contribution in [3.05, 3.63) is 75.9 Å². The molecule has 0 aromatic heterocycles. The van der Waals surface area contributed by atoms with Crippen molar-refractivity contribution in [1.82, 2.24) is 4.90 Å². The first kappa shape index (κ1) is 25.2. The minimum Gasteiger partial charge on any atom is -0.465 e. The number of aryl methyl sites for hydroxylation is 1. The Bertz CT molecular complexity index is 1100. The molecule has 0 spiro atoms. The molecule has 2 aliphatic carbocycles. The summed E-state index contributed by atoms with van der Waals surface area (Å²) >= 11 is 0. The second-order valence-electron chi connectivity index (χ2n) is 10.9. The normalized spacial score (nSPS) is 22.4. The molecule has 0 atom stereocenters. The third-order valence-electron chi connectivity index (χ3n) is 8.40. The number of alkyl halides is 1. The summed E-state index contributed by atoms with van der Waals surface area (Å²) in [6.07, 6.45) is 6.89. The van der Waals surface area contributed by atoms with Gasteiger partial charge in [0.1, 0.15) is 0 Å². The number of carbonyl (C=O) groups is 1. The predicted octanol–water partition coefficient (Wildman–Crippen LogP) is 5.46. The van der Waals surface area contributed by atoms with Crippen LogP contribution in [0, 0.1) is 17.8 Å². The van der Waals surface area contributed by atoms with Gasteiger partial charge in [0, 0.05) is 26.2 Å². The lowest BCUT2D eigenvalue weighted by molar-refractivity contribution is 0.0600. The van der Waals surface area contributed by atoms with Crippen molar-refractivity contribution in [1.29, 1.82) is 0 Å². The van der Waals surface area contributed by atoms with Crippen LogP contribution in [-0.4, -0.2) is 56.0 Å². The second-order valence-corrected chi connectivity index (χ2v) is 10.9. The monoisotopic (exact) mass is 491 g/mol. The van der Waals surface area contributed by atoms with Gasteiger partial charge in [-0.3, -0.25) is 4.39 Å². The molecule has 1 saturated carbocycles. The van der Waals surface area contributed by atoms with Crippen molar-refractivity contribution in [2.45, 2.75) is 44.9 Å². The fraction of sp³-hybridized carbons (Fsp3) is 0.516. The van der Waals surface area contributed by atoms with Gasteiger partial charge in [0.2, 0.25) is 0 Å². The Kier molecular flexibility index (Phi) is 7.87. The van der Waals surface area contributed by atoms with Gasteiger partial charge >= 0.3 is 5.97 Å². The van der Waals surface area contributed by atoms with E-state index in [1.165, 1.54) is 40.5 Å². The van der Waals surface area contributed by atoms with Crippen LogP contribution in [0.4, 0.5) is 4.39 Å². The number of esters is 1. The number of nitrogens with zero attached hydrogens (tertiary/aromatic N) is 1. The molecule has 1 heterocycles. The second kappa shape index (κ2) is 11.3. The zero-order chi connectivity index (χ0) is 25.1. The van der Waals surface area contributed by atoms with Crippen molar-refractivity contribution in [3.8, 4) is 0 Å². The molecule has 2 fully saturated rings. The molecule has 5 heteroatoms. The first-order valence-electron chi connectivity index (χ1n) is 13.5. The Balaban J connectivity index is 1.41. The van der Waals surface area contributed by atoms with Crippen LogP contribution in [0.25, 0.3) is 5.57 Å². The highest BCUT2D eigenvalue weighted by Crippen LogP contribution is 2.47. The average molecular weight is 492 g/mol. The largest absolute Gasteiger partial charge is 0.465 e. The number of hydrogen-bond acceptors (Lipinski definition) is 4. The minimum absolute atomic E-state index is 0.227. The van der Waals surface area contributed by atoms with Crippen LogP contribution in [0.15, 0.2) is 48.0 Å². The number of rotatable bonds is 9. The maximum atomic E-state index is 12.4. The smallest absolute Gasteiger partial charge is 0.337 e. The Morgan fingerprint density at radius 1 is 1.08 bits per heavy atom. The van der Waals surface area contributed by atoms with E-state index in [0.717, 1.165) is 58.2 Å². The average Bonchev–Trinajstić information content (AvgIpc) is 3.03. The summed E-state index contributed by atoms with van der Waals surface area (Å²) in [5, 5.41) is 9.61. The number of hydrogen-bond donors (Lipinski definition) is 1. The number of likely N-dealkylation sites (tertiary alicyclic amines) is 1. The van der Waals surface area contributed by atoms with Gasteiger partial charge in [-0.25, -0.2) is 4.79 Å². The van der Waals surface area contributed by atoms with Crippen LogP contribution in [0.1, 0.15) is 64.7 Å². The zero-order valence-electron chi connectivity index (χ0n) is 21.3. The van der Waals surface area contributed by atoms with Crippen molar-refractivity contribution >= 4 is 11.5 Å². The summed E-state index contributed by atoms with van der Waals surface area (Å²) in [6, 6.07) is 15.1. The number of carbonyl (C=O) groups excluding carboxylic acids is 1. The van der Waals surface area contributed by atoms with Crippen LogP contribution in [0.2, 0.25) is 0 Å². The van der Waals surface area contributed by atoms with Crippen molar-refractivity contribution in [2.75, 3.05) is 40.0 Å². The molecule has 0 amide bonds. The molecule has 1 N–H and O–H groups in total. The van der Waals surface area contributed by atoms with Crippen LogP contribution in [0.5, 0.6) is 0 Å². The summed E-state index contributed by atoms with van der Waals surface area (Å²) in [6.45, 7) is 3.06. The van der Waals surface area contributed by atoms with Gasteiger partial charge in [0.05, 0.1) is 19.3 Å². The van der Waals surface area contributed by atoms with E-state index in [2.05, 4.69) is 35.2 Å². The van der Waals surface area contributed by atoms with E-state index < -0.39 is 0 Å². The molecule has 1 aliphatic heterocycles. The van der Waals surface area contributed by atoms with Gasteiger partial charge in [-0.05, 0) is 103 Å². The summed E-state index contributed by atoms with van der Waals surface area (Å²) in [4.78, 5) is 14.5. The SMILES string of the molecule is COC(=O)c1ccc2c(c1)CCCC(C1CC(CO)C1)=C2c1ccc(CC2CN(CCCF)C2)cc1. The van der Waals surface area contributed by atoms with Gasteiger partial charge < -0.3 is 14.7 Å². The highest BCUT2D eigenvalue weighted by Gasteiger charge is 2.34. The fourth-order valence-electron chi connectivity index (χ4n) is 6.39. The lowest BCUT2D eigenvalue weighted by atomic mass is 9.68. The third kappa shape index (κ3) is 5.28. The molecule has 192 valence electrons. The van der Waals surface area contributed by atoms with Crippen molar-refractivity contribution in [3.63, 3.8) is 0 Å². The van der Waals surface area contributed by atoms with E-state index in [9.17, 15) is 14.3 Å². The highest BCUT2D eigenvalue weighted by molar-refractivity contribution is 5.92. The van der Waals surface area contributed by atoms with E-state index in [4.69, 9.17) is 4.74 Å². The molecule has 2 aromatic carbocycles. The molecule has 4 nitrogen and oxygen atoms in total. The summed E-state index contributed by atoms with van der Waals surface area (Å²) in [5.41, 5.74) is 8.50. The molecule has 2 aromatic rings. The number of allylic oxidation sites excluding steroid dienone is 1. The molecule has 1 saturated heterocycles. The number of benzene rings is 2. The van der Waals surface area contributed by atoms with Crippen LogP contribution in [-0.2, 0) is 17.6 Å². The molecule has 5 rings (SSSR count). The lowest BCUT2D eigenvalue weighted by Gasteiger charge is -2.39. The molecule has 3 aliphatic rings. The van der Waals surface area contributed by atoms with Crippen LogP contribution >= 0.6 is 0 Å². The highest BCUT2D eigenvalue weighted by atomic mass is 19.1. The Morgan fingerprint density at radius 2 is 1.86 bits per heavy atom. The molecule has 0 radical (unpaired) electrons. The van der Waals surface area contributed by atoms with Gasteiger partial charge in [0.25, 0.3) is 0 Å². The predicted molar refractivity (Wildman–Crippen MR) is 141 cm³/mol. The van der Waals surface area contributed by atoms with Gasteiger partial charge in [-0.15, -0.1) is 0 Å². The first-order valence-corrected chi connectivity index (χ1v) is 13.5. The van der Waals surface area contributed by atoms with E-state index >= 15 is 0 Å². The molecule has 0 bridgehead atoms. The van der Waals surface area contributed by atoms with E-state index in [1.807, 2.05) is 12.1 Å². The first-order chi connectivity index (χ1) is 17.6. The quantitative estimate of drug-likeness (QED) is 0.473. The van der Waals surface area contributed by atoms with Gasteiger partial charge in [-0.2, -0.15) is 0 Å². The van der Waals surface area contributed by atoms with E-state index in [1.54, 1.807) is 0 Å². The van der Waals surface area contributed by atoms with Crippen molar-refractivity contribution < 1.29 is 19.0 Å². The third-order valence-corrected chi connectivity index (χ3v) is 8.40. The maximum absolute atomic E-state index is 12.4. The fourth-order valence-corrected chi connectivity index (χ4v) is 6.39. The van der Waals surface area contributed by atoms with Crippen LogP contribution in [0.3, 0.4) is 0 Å². The molecule has 0 unspecified atom stereocenters. The topological polar surface area (TPSA) is 49.8 Å². The summed E-state index contributed by atoms with van der Waals surface area (Å²) in [5.74, 6) is 1.31. The molecular weight excluding hydrogens is 453 g/mol. The Labute approximate surface area is 214 Å². The number of fused-ring (bicyclic) bond motifs is 1. The molecule has 36 heavy (non-hydrogen) atoms. The summed E-state index contributed by atoms with van der Waals surface area (Å²) in [7, 11) is 1.43. The van der Waals surface area contributed by atoms with E-state index in [-0.39, 0.29) is 19.3 Å². The Hall–Kier alpha value is -2.50. The lowest BCUT2D eigenvalue weighted by Crippen LogP contribution is -2.47. The number of methoxy groups -OCH3 is 1. The number of halogens is 1. The standard InChI is InChI=1S/C31H38FNO3/c1-36-31(35)26-10-11-29-25(17-26)4-2-5-28(27-15-22(16-27)20-34)30(29)24-8-6-21(7-9-24)14-23-18-33(19-23)13-3-12-32/h6-11,17,22-23,27,34H,2-5,12-16,18-20H2,1H3. The van der Waals surface area contributed by atoms with Crippen LogP contribution < -0.4 is 0 Å². The number of aliphatic hydroxyl groups is 1. The number of aliphatic hydroxyl groups excluding tert-OH is 1. The maximum Gasteiger partial charge on any atom is 0.337 e. The minimum atomic E-state index is -0.291. The van der Waals surface area contributed by atoms with Crippen molar-refractivity contribution in [2.24, 2.45) is 17.8 Å². The molecular formula is C31H38FNO3. The van der Waals surface area contributed by atoms with E-state index in [0.29, 0.717) is 29.7 Å². The van der Waals surface area contributed by atoms with Gasteiger partial charge in [0.15, 0.2) is 0 Å². The van der Waals surface area contributed by atoms with Gasteiger partial charge in [-0.1, -0.05) is 35.9 Å². The number of ether oxygens (including phenoxy) is 1.